The minimum absolute atomic E-state index is 0.201. The molecule has 1 aromatic heterocycles. The number of carbonyl (C=O) groups excluding carboxylic acids is 1. The summed E-state index contributed by atoms with van der Waals surface area (Å²) in [6.45, 7) is 1.45. The Morgan fingerprint density at radius 1 is 1.64 bits per heavy atom. The van der Waals surface area contributed by atoms with Gasteiger partial charge in [0.05, 0.1) is 7.05 Å². The second kappa shape index (κ2) is 4.23. The fraction of sp³-hybridized carbons (Fsp3) is 0.556. The molecule has 0 spiro atoms. The predicted octanol–water partition coefficient (Wildman–Crippen LogP) is -1.76. The van der Waals surface area contributed by atoms with Gasteiger partial charge in [-0.3, -0.25) is 0 Å². The summed E-state index contributed by atoms with van der Waals surface area (Å²) in [6.07, 6.45) is 3.45. The van der Waals surface area contributed by atoms with E-state index >= 15 is 0 Å². The maximum absolute atomic E-state index is 10.8. The predicted molar refractivity (Wildman–Crippen MR) is 48.5 cm³/mol. The van der Waals surface area contributed by atoms with E-state index in [1.54, 1.807) is 28.6 Å². The first kappa shape index (κ1) is 10.7. The number of aromatic nitrogens is 2. The average Bonchev–Trinajstić information content (AvgIpc) is 2.43. The van der Waals surface area contributed by atoms with Crippen molar-refractivity contribution in [1.82, 2.24) is 9.47 Å². The molecule has 0 unspecified atom stereocenters. The van der Waals surface area contributed by atoms with Crippen LogP contribution in [0, 0.1) is 0 Å². The molecule has 78 valence electrons. The van der Waals surface area contributed by atoms with Crippen molar-refractivity contribution in [3.05, 3.63) is 18.2 Å². The molecule has 0 saturated heterocycles. The van der Waals surface area contributed by atoms with E-state index in [0.717, 1.165) is 6.54 Å². The summed E-state index contributed by atoms with van der Waals surface area (Å²) < 4.78 is 3.22. The number of rotatable bonds is 4. The highest BCUT2D eigenvalue weighted by atomic mass is 16.4. The Balaban J connectivity index is 2.81. The molecule has 0 atom stereocenters. The van der Waals surface area contributed by atoms with Crippen molar-refractivity contribution in [2.75, 3.05) is 20.6 Å². The fourth-order valence-corrected chi connectivity index (χ4v) is 1.27. The molecule has 1 aromatic rings. The topological polar surface area (TPSA) is 52.2 Å². The minimum atomic E-state index is -1.14. The molecular formula is C9H15N3O2. The molecule has 5 heteroatoms. The van der Waals surface area contributed by atoms with Gasteiger partial charge in [0.25, 0.3) is 0 Å². The van der Waals surface area contributed by atoms with Gasteiger partial charge in [0, 0.05) is 6.54 Å². The van der Waals surface area contributed by atoms with E-state index in [-0.39, 0.29) is 5.82 Å². The van der Waals surface area contributed by atoms with Crippen LogP contribution in [0.1, 0.15) is 10.6 Å². The zero-order valence-corrected chi connectivity index (χ0v) is 8.73. The van der Waals surface area contributed by atoms with E-state index in [0.29, 0.717) is 6.54 Å². The number of hydrogen-bond donors (Lipinski definition) is 0. The zero-order chi connectivity index (χ0) is 10.7. The van der Waals surface area contributed by atoms with Crippen LogP contribution in [0.4, 0.5) is 0 Å². The van der Waals surface area contributed by atoms with Crippen molar-refractivity contribution in [2.24, 2.45) is 7.05 Å². The normalized spacial score (nSPS) is 10.9. The molecule has 0 fully saturated rings. The molecule has 5 nitrogen and oxygen atoms in total. The molecule has 0 aromatic carbocycles. The van der Waals surface area contributed by atoms with Crippen LogP contribution in [-0.2, 0) is 13.6 Å². The van der Waals surface area contributed by atoms with Crippen LogP contribution < -0.4 is 9.67 Å². The van der Waals surface area contributed by atoms with E-state index in [9.17, 15) is 9.90 Å². The Kier molecular flexibility index (Phi) is 3.24. The van der Waals surface area contributed by atoms with Crippen LogP contribution in [-0.4, -0.2) is 36.1 Å². The van der Waals surface area contributed by atoms with E-state index in [1.807, 2.05) is 19.0 Å². The number of carboxylic acids is 1. The van der Waals surface area contributed by atoms with Crippen molar-refractivity contribution < 1.29 is 14.5 Å². The van der Waals surface area contributed by atoms with Crippen molar-refractivity contribution in [1.29, 1.82) is 0 Å². The van der Waals surface area contributed by atoms with E-state index in [1.165, 1.54) is 0 Å². The molecule has 0 N–H and O–H groups in total. The van der Waals surface area contributed by atoms with Crippen LogP contribution in [0.25, 0.3) is 0 Å². The smallest absolute Gasteiger partial charge is 0.304 e. The number of aryl methyl sites for hydroxylation is 1. The highest BCUT2D eigenvalue weighted by Crippen LogP contribution is 1.94. The molecular weight excluding hydrogens is 182 g/mol. The molecule has 0 aliphatic carbocycles. The number of likely N-dealkylation sites (N-methyl/N-ethyl adjacent to an activating group) is 1. The first-order chi connectivity index (χ1) is 6.52. The second-order valence-electron chi connectivity index (χ2n) is 3.52. The number of imidazole rings is 1. The first-order valence-corrected chi connectivity index (χ1v) is 4.43. The van der Waals surface area contributed by atoms with Crippen LogP contribution in [0.15, 0.2) is 12.4 Å². The van der Waals surface area contributed by atoms with Crippen LogP contribution in [0.3, 0.4) is 0 Å². The Morgan fingerprint density at radius 3 is 2.79 bits per heavy atom. The van der Waals surface area contributed by atoms with Gasteiger partial charge in [0.2, 0.25) is 0 Å². The summed E-state index contributed by atoms with van der Waals surface area (Å²) in [4.78, 5) is 12.8. The average molecular weight is 197 g/mol. The van der Waals surface area contributed by atoms with E-state index in [4.69, 9.17) is 0 Å². The molecule has 1 rings (SSSR count). The summed E-state index contributed by atoms with van der Waals surface area (Å²) in [5.41, 5.74) is 0. The molecule has 0 saturated carbocycles. The van der Waals surface area contributed by atoms with Crippen molar-refractivity contribution in [2.45, 2.75) is 6.54 Å². The summed E-state index contributed by atoms with van der Waals surface area (Å²) in [5.74, 6) is -0.942. The Bertz CT molecular complexity index is 331. The molecule has 1 heterocycles. The SMILES string of the molecule is CN(C)CCn1cc[n+](C)c1C(=O)[O-]. The van der Waals surface area contributed by atoms with Gasteiger partial charge < -0.3 is 14.8 Å². The Hall–Kier alpha value is -1.36. The highest BCUT2D eigenvalue weighted by Gasteiger charge is 2.15. The lowest BCUT2D eigenvalue weighted by atomic mass is 10.5. The van der Waals surface area contributed by atoms with Gasteiger partial charge in [-0.1, -0.05) is 0 Å². The molecule has 0 radical (unpaired) electrons. The van der Waals surface area contributed by atoms with Crippen molar-refractivity contribution in [3.63, 3.8) is 0 Å². The standard InChI is InChI=1S/C9H15N3O2/c1-10(2)4-6-12-7-5-11(3)8(12)9(13)14/h5,7H,4,6H2,1-3H3. The van der Waals surface area contributed by atoms with Gasteiger partial charge in [-0.25, -0.2) is 9.13 Å². The lowest BCUT2D eigenvalue weighted by Gasteiger charge is -2.08. The maximum atomic E-state index is 10.8. The summed E-state index contributed by atoms with van der Waals surface area (Å²) >= 11 is 0. The Morgan fingerprint density at radius 2 is 2.29 bits per heavy atom. The van der Waals surface area contributed by atoms with Crippen molar-refractivity contribution >= 4 is 5.97 Å². The second-order valence-corrected chi connectivity index (χ2v) is 3.52. The van der Waals surface area contributed by atoms with Gasteiger partial charge in [0.15, 0.2) is 5.97 Å². The van der Waals surface area contributed by atoms with E-state index < -0.39 is 5.97 Å². The minimum Gasteiger partial charge on any atom is -0.538 e. The monoisotopic (exact) mass is 197 g/mol. The van der Waals surface area contributed by atoms with E-state index in [2.05, 4.69) is 0 Å². The third kappa shape index (κ3) is 2.32. The highest BCUT2D eigenvalue weighted by molar-refractivity contribution is 5.79. The molecule has 0 aliphatic heterocycles. The quantitative estimate of drug-likeness (QED) is 0.537. The van der Waals surface area contributed by atoms with Crippen LogP contribution in [0.2, 0.25) is 0 Å². The fourth-order valence-electron chi connectivity index (χ4n) is 1.27. The lowest BCUT2D eigenvalue weighted by Crippen LogP contribution is -2.41. The number of hydrogen-bond acceptors (Lipinski definition) is 3. The number of aromatic carboxylic acids is 1. The van der Waals surface area contributed by atoms with Gasteiger partial charge in [-0.2, -0.15) is 0 Å². The van der Waals surface area contributed by atoms with Crippen molar-refractivity contribution in [3.8, 4) is 0 Å². The number of carboxylic acid groups (broad SMARTS) is 1. The third-order valence-electron chi connectivity index (χ3n) is 2.05. The number of carbonyl (C=O) groups is 1. The molecule has 0 aliphatic rings. The van der Waals surface area contributed by atoms with Crippen LogP contribution >= 0.6 is 0 Å². The number of nitrogens with zero attached hydrogens (tertiary/aromatic N) is 3. The largest absolute Gasteiger partial charge is 0.538 e. The summed E-state index contributed by atoms with van der Waals surface area (Å²) in [7, 11) is 5.58. The summed E-state index contributed by atoms with van der Waals surface area (Å²) in [5, 5.41) is 10.8. The van der Waals surface area contributed by atoms with Gasteiger partial charge in [-0.15, -0.1) is 0 Å². The zero-order valence-electron chi connectivity index (χ0n) is 8.73. The third-order valence-corrected chi connectivity index (χ3v) is 2.05. The van der Waals surface area contributed by atoms with Gasteiger partial charge in [0.1, 0.15) is 18.9 Å². The van der Waals surface area contributed by atoms with Gasteiger partial charge >= 0.3 is 5.82 Å². The molecule has 0 amide bonds. The van der Waals surface area contributed by atoms with Gasteiger partial charge in [-0.05, 0) is 14.1 Å². The molecule has 0 bridgehead atoms. The Labute approximate surface area is 83.2 Å². The lowest BCUT2D eigenvalue weighted by molar-refractivity contribution is -0.675. The summed E-state index contributed by atoms with van der Waals surface area (Å²) in [6, 6.07) is 0. The molecule has 14 heavy (non-hydrogen) atoms. The van der Waals surface area contributed by atoms with Crippen LogP contribution in [0.5, 0.6) is 0 Å². The maximum Gasteiger partial charge on any atom is 0.304 e. The first-order valence-electron chi connectivity index (χ1n) is 4.43.